The maximum absolute atomic E-state index is 12.8. The Hall–Kier alpha value is -1.64. The molecule has 1 saturated heterocycles. The number of rotatable bonds is 5. The Kier molecular flexibility index (Phi) is 7.33. The fourth-order valence-electron chi connectivity index (χ4n) is 4.28. The van der Waals surface area contributed by atoms with Crippen LogP contribution in [0.1, 0.15) is 60.3 Å². The molecule has 2 atom stereocenters. The van der Waals surface area contributed by atoms with E-state index >= 15 is 0 Å². The largest absolute Gasteiger partial charge is 0.372 e. The monoisotopic (exact) mass is 451 g/mol. The summed E-state index contributed by atoms with van der Waals surface area (Å²) in [6.07, 6.45) is 3.07. The van der Waals surface area contributed by atoms with Crippen LogP contribution >= 0.6 is 0 Å². The number of morpholine rings is 1. The number of hydrogen-bond donors (Lipinski definition) is 2. The zero-order chi connectivity index (χ0) is 22.8. The smallest absolute Gasteiger partial charge is 0.227 e. The fraction of sp³-hybridized carbons (Fsp3) is 0.696. The van der Waals surface area contributed by atoms with Gasteiger partial charge in [0.25, 0.3) is 0 Å². The molecule has 1 heterocycles. The van der Waals surface area contributed by atoms with Crippen molar-refractivity contribution in [1.29, 1.82) is 0 Å². The second kappa shape index (κ2) is 9.46. The van der Waals surface area contributed by atoms with E-state index in [-0.39, 0.29) is 30.1 Å². The summed E-state index contributed by atoms with van der Waals surface area (Å²) >= 11 is 0. The van der Waals surface area contributed by atoms with Crippen molar-refractivity contribution < 1.29 is 17.9 Å². The van der Waals surface area contributed by atoms with Crippen molar-refractivity contribution in [3.63, 3.8) is 0 Å². The summed E-state index contributed by atoms with van der Waals surface area (Å²) in [5, 5.41) is 3.07. The molecule has 0 radical (unpaired) electrons. The third-order valence-corrected chi connectivity index (χ3v) is 8.38. The van der Waals surface area contributed by atoms with E-state index in [0.29, 0.717) is 25.7 Å². The van der Waals surface area contributed by atoms with Gasteiger partial charge in [0.1, 0.15) is 0 Å². The van der Waals surface area contributed by atoms with Crippen LogP contribution in [0, 0.1) is 5.92 Å². The molecule has 31 heavy (non-hydrogen) atoms. The van der Waals surface area contributed by atoms with Crippen LogP contribution in [-0.2, 0) is 19.6 Å². The molecule has 1 aliphatic heterocycles. The predicted octanol–water partition coefficient (Wildman–Crippen LogP) is 3.52. The number of ether oxygens (including phenoxy) is 1. The number of carbonyl (C=O) groups is 1. The van der Waals surface area contributed by atoms with Gasteiger partial charge in [-0.05, 0) is 78.5 Å². The van der Waals surface area contributed by atoms with Crippen molar-refractivity contribution in [2.24, 2.45) is 5.92 Å². The Morgan fingerprint density at radius 3 is 2.26 bits per heavy atom. The predicted molar refractivity (Wildman–Crippen MR) is 125 cm³/mol. The summed E-state index contributed by atoms with van der Waals surface area (Å²) in [7, 11) is -3.37. The van der Waals surface area contributed by atoms with Gasteiger partial charge in [-0.2, -0.15) is 0 Å². The lowest BCUT2D eigenvalue weighted by atomic mass is 9.86. The summed E-state index contributed by atoms with van der Waals surface area (Å²) in [4.78, 5) is 15.1. The van der Waals surface area contributed by atoms with Crippen LogP contribution in [0.5, 0.6) is 0 Å². The molecule has 0 spiro atoms. The number of nitrogens with one attached hydrogen (secondary N) is 2. The minimum atomic E-state index is -3.37. The second-order valence-electron chi connectivity index (χ2n) is 9.98. The molecule has 1 aliphatic carbocycles. The van der Waals surface area contributed by atoms with Crippen LogP contribution in [0.15, 0.2) is 24.3 Å². The van der Waals surface area contributed by atoms with E-state index in [9.17, 15) is 13.2 Å². The summed E-state index contributed by atoms with van der Waals surface area (Å²) in [6, 6.07) is 7.87. The van der Waals surface area contributed by atoms with Crippen molar-refractivity contribution in [2.75, 3.05) is 23.3 Å². The van der Waals surface area contributed by atoms with Crippen molar-refractivity contribution in [2.45, 2.75) is 83.3 Å². The highest BCUT2D eigenvalue weighted by molar-refractivity contribution is 7.90. The molecule has 1 saturated carbocycles. The molecule has 2 unspecified atom stereocenters. The van der Waals surface area contributed by atoms with Crippen LogP contribution in [0.25, 0.3) is 0 Å². The zero-order valence-corrected chi connectivity index (χ0v) is 20.2. The highest BCUT2D eigenvalue weighted by Gasteiger charge is 2.34. The van der Waals surface area contributed by atoms with Crippen molar-refractivity contribution in [1.82, 2.24) is 4.72 Å². The number of anilines is 2. The molecule has 2 N–H and O–H groups in total. The topological polar surface area (TPSA) is 87.7 Å². The van der Waals surface area contributed by atoms with E-state index in [1.807, 2.05) is 18.2 Å². The number of amides is 1. The lowest BCUT2D eigenvalue weighted by Crippen LogP contribution is -2.46. The first-order valence-electron chi connectivity index (χ1n) is 11.3. The summed E-state index contributed by atoms with van der Waals surface area (Å²) in [5.74, 6) is -0.0829. The molecule has 7 nitrogen and oxygen atoms in total. The molecule has 0 bridgehead atoms. The number of benzene rings is 1. The number of hydrogen-bond acceptors (Lipinski definition) is 5. The van der Waals surface area contributed by atoms with Crippen molar-refractivity contribution in [3.05, 3.63) is 24.3 Å². The maximum atomic E-state index is 12.8. The number of nitrogens with zero attached hydrogens (tertiary/aromatic N) is 1. The molecule has 174 valence electrons. The highest BCUT2D eigenvalue weighted by Crippen LogP contribution is 2.28. The molecule has 1 amide bonds. The summed E-state index contributed by atoms with van der Waals surface area (Å²) in [6.45, 7) is 10.9. The van der Waals surface area contributed by atoms with E-state index in [1.54, 1.807) is 20.8 Å². The zero-order valence-electron chi connectivity index (χ0n) is 19.3. The van der Waals surface area contributed by atoms with Gasteiger partial charge in [-0.1, -0.05) is 6.07 Å². The van der Waals surface area contributed by atoms with E-state index in [1.165, 1.54) is 0 Å². The molecule has 1 aromatic carbocycles. The minimum Gasteiger partial charge on any atom is -0.372 e. The van der Waals surface area contributed by atoms with Crippen LogP contribution < -0.4 is 14.9 Å². The van der Waals surface area contributed by atoms with Gasteiger partial charge in [-0.15, -0.1) is 0 Å². The number of carbonyl (C=O) groups excluding carboxylic acids is 1. The Morgan fingerprint density at radius 1 is 1.06 bits per heavy atom. The second-order valence-corrected chi connectivity index (χ2v) is 12.5. The fourth-order valence-corrected chi connectivity index (χ4v) is 5.31. The SMILES string of the molecule is CC1CN(c2cccc(NC(=O)C3CCC(NS(=O)(=O)C(C)(C)C)CC3)c2)CC(C)O1. The Labute approximate surface area is 187 Å². The minimum absolute atomic E-state index is 0.0120. The normalized spacial score (nSPS) is 27.7. The van der Waals surface area contributed by atoms with Gasteiger partial charge < -0.3 is 15.0 Å². The molecule has 2 aliphatic rings. The van der Waals surface area contributed by atoms with E-state index in [2.05, 4.69) is 34.9 Å². The first-order chi connectivity index (χ1) is 14.4. The van der Waals surface area contributed by atoms with Crippen LogP contribution in [0.2, 0.25) is 0 Å². The molecule has 1 aromatic rings. The maximum Gasteiger partial charge on any atom is 0.227 e. The van der Waals surface area contributed by atoms with Gasteiger partial charge in [-0.25, -0.2) is 13.1 Å². The van der Waals surface area contributed by atoms with Crippen LogP contribution in [0.3, 0.4) is 0 Å². The van der Waals surface area contributed by atoms with Gasteiger partial charge in [0.15, 0.2) is 0 Å². The van der Waals surface area contributed by atoms with Crippen LogP contribution in [-0.4, -0.2) is 50.4 Å². The van der Waals surface area contributed by atoms with Crippen molar-refractivity contribution in [3.8, 4) is 0 Å². The standard InChI is InChI=1S/C23H37N3O4S/c1-16-14-26(15-17(2)30-16)21-8-6-7-20(13-21)24-22(27)18-9-11-19(12-10-18)25-31(28,29)23(3,4)5/h6-8,13,16-19,25H,9-12,14-15H2,1-5H3,(H,24,27). The number of sulfonamides is 1. The lowest BCUT2D eigenvalue weighted by Gasteiger charge is -2.37. The van der Waals surface area contributed by atoms with Crippen LogP contribution in [0.4, 0.5) is 11.4 Å². The first kappa shape index (κ1) is 24.0. The molecule has 8 heteroatoms. The summed E-state index contributed by atoms with van der Waals surface area (Å²) < 4.78 is 32.6. The van der Waals surface area contributed by atoms with Gasteiger partial charge in [0, 0.05) is 36.4 Å². The Morgan fingerprint density at radius 2 is 1.68 bits per heavy atom. The van der Waals surface area contributed by atoms with E-state index in [0.717, 1.165) is 24.5 Å². The highest BCUT2D eigenvalue weighted by atomic mass is 32.2. The Balaban J connectivity index is 1.55. The molecule has 2 fully saturated rings. The first-order valence-corrected chi connectivity index (χ1v) is 12.8. The molecule has 3 rings (SSSR count). The Bertz CT molecular complexity index is 863. The third kappa shape index (κ3) is 6.20. The third-order valence-electron chi connectivity index (χ3n) is 6.12. The quantitative estimate of drug-likeness (QED) is 0.715. The van der Waals surface area contributed by atoms with Gasteiger partial charge in [0.2, 0.25) is 15.9 Å². The molecular formula is C23H37N3O4S. The molecule has 0 aromatic heterocycles. The van der Waals surface area contributed by atoms with Gasteiger partial charge >= 0.3 is 0 Å². The average molecular weight is 452 g/mol. The summed E-state index contributed by atoms with van der Waals surface area (Å²) in [5.41, 5.74) is 1.88. The van der Waals surface area contributed by atoms with E-state index < -0.39 is 14.8 Å². The van der Waals surface area contributed by atoms with E-state index in [4.69, 9.17) is 4.74 Å². The van der Waals surface area contributed by atoms with Crippen molar-refractivity contribution >= 4 is 27.3 Å². The molecular weight excluding hydrogens is 414 g/mol. The van der Waals surface area contributed by atoms with Gasteiger partial charge in [0.05, 0.1) is 17.0 Å². The average Bonchev–Trinajstić information content (AvgIpc) is 2.67. The lowest BCUT2D eigenvalue weighted by molar-refractivity contribution is -0.120. The van der Waals surface area contributed by atoms with Gasteiger partial charge in [-0.3, -0.25) is 4.79 Å².